The second-order valence-corrected chi connectivity index (χ2v) is 5.17. The van der Waals surface area contributed by atoms with Gasteiger partial charge >= 0.3 is 0 Å². The molecule has 1 nitrogen and oxygen atoms in total. The van der Waals surface area contributed by atoms with Crippen LogP contribution < -0.4 is 5.73 Å². The summed E-state index contributed by atoms with van der Waals surface area (Å²) in [6.45, 7) is 0. The second-order valence-electron chi connectivity index (χ2n) is 3.42. The van der Waals surface area contributed by atoms with E-state index in [2.05, 4.69) is 30.3 Å². The minimum atomic E-state index is 0.630. The molecule has 0 atom stereocenters. The molecule has 1 rings (SSSR count). The fraction of sp³-hybridized carbons (Fsp3) is 0.417. The molecule has 0 radical (unpaired) electrons. The molecular weight excluding hydrogens is 222 g/mol. The summed E-state index contributed by atoms with van der Waals surface area (Å²) in [5, 5.41) is 0. The summed E-state index contributed by atoms with van der Waals surface area (Å²) in [6, 6.07) is 10.6. The van der Waals surface area contributed by atoms with Crippen molar-refractivity contribution in [2.24, 2.45) is 5.73 Å². The molecule has 0 saturated carbocycles. The molecule has 1 aromatic rings. The molecule has 0 fully saturated rings. The van der Waals surface area contributed by atoms with Crippen molar-refractivity contribution >= 4 is 29.0 Å². The van der Waals surface area contributed by atoms with Gasteiger partial charge in [0.05, 0.1) is 4.99 Å². The van der Waals surface area contributed by atoms with Crippen LogP contribution in [-0.2, 0) is 6.42 Å². The van der Waals surface area contributed by atoms with Crippen LogP contribution in [0.25, 0.3) is 0 Å². The average Bonchev–Trinajstić information content (AvgIpc) is 2.24. The first-order valence-corrected chi connectivity index (χ1v) is 6.75. The maximum absolute atomic E-state index is 5.42. The van der Waals surface area contributed by atoms with E-state index in [1.807, 2.05) is 11.8 Å². The Bertz CT molecular complexity index is 285. The van der Waals surface area contributed by atoms with Gasteiger partial charge in [0.15, 0.2) is 0 Å². The molecule has 2 N–H and O–H groups in total. The van der Waals surface area contributed by atoms with Crippen LogP contribution >= 0.6 is 24.0 Å². The Hall–Kier alpha value is -0.540. The van der Waals surface area contributed by atoms with Crippen LogP contribution in [0.1, 0.15) is 18.4 Å². The third-order valence-corrected chi connectivity index (χ3v) is 3.36. The third kappa shape index (κ3) is 6.52. The third-order valence-electron chi connectivity index (χ3n) is 2.09. The SMILES string of the molecule is NC(=S)CCSCCCc1ccccc1. The van der Waals surface area contributed by atoms with E-state index in [4.69, 9.17) is 18.0 Å². The number of thiocarbonyl (C=S) groups is 1. The van der Waals surface area contributed by atoms with Crippen LogP contribution in [0.3, 0.4) is 0 Å². The van der Waals surface area contributed by atoms with Crippen molar-refractivity contribution in [1.82, 2.24) is 0 Å². The first-order valence-electron chi connectivity index (χ1n) is 5.19. The van der Waals surface area contributed by atoms with Gasteiger partial charge < -0.3 is 5.73 Å². The Morgan fingerprint density at radius 1 is 1.20 bits per heavy atom. The number of aryl methyl sites for hydroxylation is 1. The summed E-state index contributed by atoms with van der Waals surface area (Å²) < 4.78 is 0. The molecule has 0 heterocycles. The van der Waals surface area contributed by atoms with E-state index in [1.54, 1.807) is 0 Å². The molecule has 0 spiro atoms. The standard InChI is InChI=1S/C12H17NS2/c13-12(14)8-10-15-9-4-7-11-5-2-1-3-6-11/h1-3,5-6H,4,7-10H2,(H2,13,14). The first-order chi connectivity index (χ1) is 7.29. The monoisotopic (exact) mass is 239 g/mol. The Balaban J connectivity index is 2.00. The van der Waals surface area contributed by atoms with Crippen molar-refractivity contribution in [2.45, 2.75) is 19.3 Å². The maximum Gasteiger partial charge on any atom is 0.0735 e. The minimum Gasteiger partial charge on any atom is -0.393 e. The molecule has 0 bridgehead atoms. The van der Waals surface area contributed by atoms with E-state index in [0.717, 1.165) is 12.2 Å². The van der Waals surface area contributed by atoms with Crippen LogP contribution in [0.5, 0.6) is 0 Å². The van der Waals surface area contributed by atoms with Gasteiger partial charge in [0, 0.05) is 6.42 Å². The predicted molar refractivity (Wildman–Crippen MR) is 73.5 cm³/mol. The number of benzene rings is 1. The van der Waals surface area contributed by atoms with Gasteiger partial charge in [-0.1, -0.05) is 42.5 Å². The predicted octanol–water partition coefficient (Wildman–Crippen LogP) is 3.03. The highest BCUT2D eigenvalue weighted by atomic mass is 32.2. The average molecular weight is 239 g/mol. The normalized spacial score (nSPS) is 10.1. The molecule has 0 unspecified atom stereocenters. The molecule has 0 aliphatic rings. The lowest BCUT2D eigenvalue weighted by atomic mass is 10.1. The summed E-state index contributed by atoms with van der Waals surface area (Å²) in [4.78, 5) is 0.630. The summed E-state index contributed by atoms with van der Waals surface area (Å²) >= 11 is 6.75. The van der Waals surface area contributed by atoms with Gasteiger partial charge in [-0.15, -0.1) is 0 Å². The summed E-state index contributed by atoms with van der Waals surface area (Å²) in [5.41, 5.74) is 6.84. The first kappa shape index (κ1) is 12.5. The number of hydrogen-bond acceptors (Lipinski definition) is 2. The molecule has 15 heavy (non-hydrogen) atoms. The molecule has 3 heteroatoms. The Morgan fingerprint density at radius 3 is 2.60 bits per heavy atom. The highest BCUT2D eigenvalue weighted by Crippen LogP contribution is 2.08. The molecular formula is C12H17NS2. The summed E-state index contributed by atoms with van der Waals surface area (Å²) in [5.74, 6) is 2.25. The largest absolute Gasteiger partial charge is 0.393 e. The molecule has 82 valence electrons. The van der Waals surface area contributed by atoms with Crippen LogP contribution in [0.15, 0.2) is 30.3 Å². The zero-order valence-electron chi connectivity index (χ0n) is 8.82. The summed E-state index contributed by atoms with van der Waals surface area (Å²) in [6.07, 6.45) is 3.26. The van der Waals surface area contributed by atoms with E-state index in [9.17, 15) is 0 Å². The zero-order valence-corrected chi connectivity index (χ0v) is 10.4. The van der Waals surface area contributed by atoms with Crippen molar-refractivity contribution in [3.63, 3.8) is 0 Å². The van der Waals surface area contributed by atoms with Crippen LogP contribution in [0.2, 0.25) is 0 Å². The molecule has 1 aromatic carbocycles. The second kappa shape index (κ2) is 7.71. The zero-order chi connectivity index (χ0) is 10.9. The smallest absolute Gasteiger partial charge is 0.0735 e. The van der Waals surface area contributed by atoms with Gasteiger partial charge in [-0.25, -0.2) is 0 Å². The van der Waals surface area contributed by atoms with Gasteiger partial charge in [-0.05, 0) is 29.9 Å². The van der Waals surface area contributed by atoms with Crippen LogP contribution in [-0.4, -0.2) is 16.5 Å². The van der Waals surface area contributed by atoms with Crippen molar-refractivity contribution in [1.29, 1.82) is 0 Å². The van der Waals surface area contributed by atoms with Gasteiger partial charge in [0.25, 0.3) is 0 Å². The van der Waals surface area contributed by atoms with Crippen molar-refractivity contribution < 1.29 is 0 Å². The van der Waals surface area contributed by atoms with Gasteiger partial charge in [-0.3, -0.25) is 0 Å². The molecule has 0 saturated heterocycles. The molecule has 0 amide bonds. The fourth-order valence-electron chi connectivity index (χ4n) is 1.30. The number of thioether (sulfide) groups is 1. The minimum absolute atomic E-state index is 0.630. The Labute approximate surface area is 101 Å². The van der Waals surface area contributed by atoms with E-state index in [0.29, 0.717) is 4.99 Å². The Morgan fingerprint density at radius 2 is 1.93 bits per heavy atom. The van der Waals surface area contributed by atoms with E-state index in [1.165, 1.54) is 24.2 Å². The lowest BCUT2D eigenvalue weighted by Crippen LogP contribution is -2.08. The van der Waals surface area contributed by atoms with E-state index in [-0.39, 0.29) is 0 Å². The molecule has 0 aliphatic carbocycles. The van der Waals surface area contributed by atoms with Gasteiger partial charge in [0.1, 0.15) is 0 Å². The lowest BCUT2D eigenvalue weighted by Gasteiger charge is -2.01. The Kier molecular flexibility index (Phi) is 6.44. The lowest BCUT2D eigenvalue weighted by molar-refractivity contribution is 0.933. The van der Waals surface area contributed by atoms with E-state index >= 15 is 0 Å². The molecule has 0 aromatic heterocycles. The quantitative estimate of drug-likeness (QED) is 0.585. The van der Waals surface area contributed by atoms with Crippen LogP contribution in [0.4, 0.5) is 0 Å². The maximum atomic E-state index is 5.42. The van der Waals surface area contributed by atoms with Crippen molar-refractivity contribution in [2.75, 3.05) is 11.5 Å². The number of rotatable bonds is 7. The highest BCUT2D eigenvalue weighted by Gasteiger charge is 1.94. The van der Waals surface area contributed by atoms with Crippen LogP contribution in [0, 0.1) is 0 Å². The van der Waals surface area contributed by atoms with Crippen molar-refractivity contribution in [3.05, 3.63) is 35.9 Å². The van der Waals surface area contributed by atoms with E-state index < -0.39 is 0 Å². The number of hydrogen-bond donors (Lipinski definition) is 1. The summed E-state index contributed by atoms with van der Waals surface area (Å²) in [7, 11) is 0. The fourth-order valence-corrected chi connectivity index (χ4v) is 2.45. The highest BCUT2D eigenvalue weighted by molar-refractivity contribution is 7.99. The van der Waals surface area contributed by atoms with Gasteiger partial charge in [0.2, 0.25) is 0 Å². The van der Waals surface area contributed by atoms with Gasteiger partial charge in [-0.2, -0.15) is 11.8 Å². The number of nitrogens with two attached hydrogens (primary N) is 1. The van der Waals surface area contributed by atoms with Crippen molar-refractivity contribution in [3.8, 4) is 0 Å². The molecule has 0 aliphatic heterocycles. The topological polar surface area (TPSA) is 26.0 Å².